The Bertz CT molecular complexity index is 447. The number of carbonyl (C=O) groups excluding carboxylic acids is 1. The van der Waals surface area contributed by atoms with Gasteiger partial charge in [0.05, 0.1) is 18.9 Å². The standard InChI is InChI=1S/C12H21NO6S/c1-2-3-4-7-20(17,18)9-11(14)13-5-6-19-10(8-13)12(15)16/h10H,2-9H2,1H3,(H,15,16). The molecule has 0 bridgehead atoms. The van der Waals surface area contributed by atoms with E-state index in [1.807, 2.05) is 6.92 Å². The molecule has 1 heterocycles. The molecule has 1 fully saturated rings. The summed E-state index contributed by atoms with van der Waals surface area (Å²) in [6, 6.07) is 0. The molecule has 8 heteroatoms. The zero-order valence-electron chi connectivity index (χ0n) is 11.6. The number of carboxylic acid groups (broad SMARTS) is 1. The maximum Gasteiger partial charge on any atom is 0.334 e. The summed E-state index contributed by atoms with van der Waals surface area (Å²) < 4.78 is 28.5. The van der Waals surface area contributed by atoms with Crippen LogP contribution in [0.3, 0.4) is 0 Å². The van der Waals surface area contributed by atoms with Gasteiger partial charge in [-0.1, -0.05) is 19.8 Å². The minimum atomic E-state index is -3.42. The molecular formula is C12H21NO6S. The molecule has 0 aromatic rings. The van der Waals surface area contributed by atoms with Crippen LogP contribution in [0.25, 0.3) is 0 Å². The van der Waals surface area contributed by atoms with Gasteiger partial charge < -0.3 is 14.7 Å². The normalized spacial score (nSPS) is 19.9. The first-order valence-electron chi connectivity index (χ1n) is 6.68. The Kier molecular flexibility index (Phi) is 6.41. The fourth-order valence-corrected chi connectivity index (χ4v) is 3.30. The summed E-state index contributed by atoms with van der Waals surface area (Å²) >= 11 is 0. The van der Waals surface area contributed by atoms with Crippen molar-refractivity contribution in [2.24, 2.45) is 0 Å². The highest BCUT2D eigenvalue weighted by Crippen LogP contribution is 2.08. The summed E-state index contributed by atoms with van der Waals surface area (Å²) in [5.41, 5.74) is 0. The second kappa shape index (κ2) is 7.58. The van der Waals surface area contributed by atoms with Crippen molar-refractivity contribution in [1.29, 1.82) is 0 Å². The third kappa shape index (κ3) is 5.46. The molecule has 7 nitrogen and oxygen atoms in total. The fraction of sp³-hybridized carbons (Fsp3) is 0.833. The molecule has 1 rings (SSSR count). The molecule has 0 radical (unpaired) electrons. The lowest BCUT2D eigenvalue weighted by Crippen LogP contribution is -2.50. The Morgan fingerprint density at radius 1 is 1.35 bits per heavy atom. The number of sulfone groups is 1. The second-order valence-electron chi connectivity index (χ2n) is 4.84. The molecule has 1 atom stereocenters. The van der Waals surface area contributed by atoms with Gasteiger partial charge in [0.1, 0.15) is 5.75 Å². The highest BCUT2D eigenvalue weighted by molar-refractivity contribution is 7.92. The SMILES string of the molecule is CCCCCS(=O)(=O)CC(=O)N1CCOC(C(=O)O)C1. The van der Waals surface area contributed by atoms with Crippen molar-refractivity contribution in [1.82, 2.24) is 4.90 Å². The van der Waals surface area contributed by atoms with Gasteiger partial charge in [0.2, 0.25) is 5.91 Å². The molecule has 0 aromatic heterocycles. The summed E-state index contributed by atoms with van der Waals surface area (Å²) in [5.74, 6) is -2.24. The van der Waals surface area contributed by atoms with E-state index >= 15 is 0 Å². The highest BCUT2D eigenvalue weighted by Gasteiger charge is 2.30. The number of hydrogen-bond acceptors (Lipinski definition) is 5. The van der Waals surface area contributed by atoms with Gasteiger partial charge in [-0.05, 0) is 6.42 Å². The van der Waals surface area contributed by atoms with Crippen molar-refractivity contribution >= 4 is 21.7 Å². The van der Waals surface area contributed by atoms with Crippen LogP contribution in [0.1, 0.15) is 26.2 Å². The van der Waals surface area contributed by atoms with E-state index in [4.69, 9.17) is 9.84 Å². The third-order valence-electron chi connectivity index (χ3n) is 3.10. The van der Waals surface area contributed by atoms with E-state index < -0.39 is 33.6 Å². The number of aliphatic carboxylic acids is 1. The topological polar surface area (TPSA) is 101 Å². The largest absolute Gasteiger partial charge is 0.479 e. The van der Waals surface area contributed by atoms with Crippen molar-refractivity contribution in [2.45, 2.75) is 32.3 Å². The lowest BCUT2D eigenvalue weighted by atomic mass is 10.3. The molecule has 0 aromatic carbocycles. The van der Waals surface area contributed by atoms with E-state index in [-0.39, 0.29) is 25.4 Å². The maximum absolute atomic E-state index is 11.9. The number of morpholine rings is 1. The summed E-state index contributed by atoms with van der Waals surface area (Å²) in [5, 5.41) is 8.83. The van der Waals surface area contributed by atoms with Gasteiger partial charge in [-0.15, -0.1) is 0 Å². The van der Waals surface area contributed by atoms with Crippen LogP contribution < -0.4 is 0 Å². The van der Waals surface area contributed by atoms with E-state index in [9.17, 15) is 18.0 Å². The Morgan fingerprint density at radius 3 is 2.65 bits per heavy atom. The van der Waals surface area contributed by atoms with Gasteiger partial charge in [-0.2, -0.15) is 0 Å². The molecule has 1 unspecified atom stereocenters. The van der Waals surface area contributed by atoms with E-state index in [1.165, 1.54) is 4.90 Å². The maximum atomic E-state index is 11.9. The first kappa shape index (κ1) is 16.9. The van der Waals surface area contributed by atoms with Gasteiger partial charge in [0.25, 0.3) is 0 Å². The first-order valence-corrected chi connectivity index (χ1v) is 8.50. The van der Waals surface area contributed by atoms with Crippen LogP contribution in [0.15, 0.2) is 0 Å². The van der Waals surface area contributed by atoms with Crippen molar-refractivity contribution in [3.05, 3.63) is 0 Å². The van der Waals surface area contributed by atoms with Gasteiger partial charge in [0.15, 0.2) is 15.9 Å². The van der Waals surface area contributed by atoms with Crippen LogP contribution in [0.4, 0.5) is 0 Å². The summed E-state index contributed by atoms with van der Waals surface area (Å²) in [6.07, 6.45) is 1.20. The zero-order chi connectivity index (χ0) is 15.2. The van der Waals surface area contributed by atoms with E-state index in [0.29, 0.717) is 6.42 Å². The van der Waals surface area contributed by atoms with E-state index in [2.05, 4.69) is 0 Å². The summed E-state index contributed by atoms with van der Waals surface area (Å²) in [6.45, 7) is 2.21. The van der Waals surface area contributed by atoms with Crippen molar-refractivity contribution in [3.8, 4) is 0 Å². The van der Waals surface area contributed by atoms with Crippen LogP contribution in [0, 0.1) is 0 Å². The van der Waals surface area contributed by atoms with Crippen molar-refractivity contribution in [2.75, 3.05) is 31.2 Å². The summed E-state index contributed by atoms with van der Waals surface area (Å²) in [4.78, 5) is 24.0. The summed E-state index contributed by atoms with van der Waals surface area (Å²) in [7, 11) is -3.42. The van der Waals surface area contributed by atoms with Crippen LogP contribution in [0.2, 0.25) is 0 Å². The Labute approximate surface area is 118 Å². The minimum Gasteiger partial charge on any atom is -0.479 e. The number of carboxylic acids is 1. The average molecular weight is 307 g/mol. The number of amides is 1. The number of carbonyl (C=O) groups is 2. The molecule has 0 spiro atoms. The molecule has 1 aliphatic heterocycles. The zero-order valence-corrected chi connectivity index (χ0v) is 12.4. The van der Waals surface area contributed by atoms with Crippen LogP contribution >= 0.6 is 0 Å². The number of nitrogens with zero attached hydrogens (tertiary/aromatic N) is 1. The molecular weight excluding hydrogens is 286 g/mol. The van der Waals surface area contributed by atoms with Gasteiger partial charge in [-0.3, -0.25) is 4.79 Å². The van der Waals surface area contributed by atoms with Crippen LogP contribution in [0.5, 0.6) is 0 Å². The average Bonchev–Trinajstić information content (AvgIpc) is 2.38. The van der Waals surface area contributed by atoms with Crippen LogP contribution in [-0.4, -0.2) is 67.6 Å². The third-order valence-corrected chi connectivity index (χ3v) is 4.69. The molecule has 1 amide bonds. The number of unbranched alkanes of at least 4 members (excludes halogenated alkanes) is 2. The molecule has 0 saturated carbocycles. The van der Waals surface area contributed by atoms with Crippen LogP contribution in [-0.2, 0) is 24.2 Å². The fourth-order valence-electron chi connectivity index (χ4n) is 1.95. The highest BCUT2D eigenvalue weighted by atomic mass is 32.2. The molecule has 1 aliphatic rings. The monoisotopic (exact) mass is 307 g/mol. The minimum absolute atomic E-state index is 0.000715. The van der Waals surface area contributed by atoms with Crippen molar-refractivity contribution in [3.63, 3.8) is 0 Å². The molecule has 20 heavy (non-hydrogen) atoms. The first-order chi connectivity index (χ1) is 9.35. The predicted octanol–water partition coefficient (Wildman–Crippen LogP) is -0.0966. The van der Waals surface area contributed by atoms with Gasteiger partial charge in [0, 0.05) is 6.54 Å². The predicted molar refractivity (Wildman–Crippen MR) is 72.1 cm³/mol. The second-order valence-corrected chi connectivity index (χ2v) is 7.02. The number of hydrogen-bond donors (Lipinski definition) is 1. The van der Waals surface area contributed by atoms with E-state index in [0.717, 1.165) is 12.8 Å². The number of ether oxygens (including phenoxy) is 1. The molecule has 0 aliphatic carbocycles. The Morgan fingerprint density at radius 2 is 2.05 bits per heavy atom. The molecule has 1 N–H and O–H groups in total. The number of rotatable bonds is 7. The Hall–Kier alpha value is -1.15. The smallest absolute Gasteiger partial charge is 0.334 e. The lowest BCUT2D eigenvalue weighted by Gasteiger charge is -2.30. The quantitative estimate of drug-likeness (QED) is 0.659. The molecule has 116 valence electrons. The van der Waals surface area contributed by atoms with Gasteiger partial charge in [-0.25, -0.2) is 13.2 Å². The lowest BCUT2D eigenvalue weighted by molar-refractivity contribution is -0.158. The Balaban J connectivity index is 2.51. The van der Waals surface area contributed by atoms with Crippen molar-refractivity contribution < 1.29 is 27.9 Å². The van der Waals surface area contributed by atoms with E-state index in [1.54, 1.807) is 0 Å². The molecule has 1 saturated heterocycles. The van der Waals surface area contributed by atoms with Gasteiger partial charge >= 0.3 is 5.97 Å².